The van der Waals surface area contributed by atoms with E-state index in [0.29, 0.717) is 16.8 Å². The zero-order chi connectivity index (χ0) is 17.5. The molecule has 128 valence electrons. The van der Waals surface area contributed by atoms with E-state index < -0.39 is 0 Å². The Hall–Kier alpha value is -2.20. The molecule has 0 fully saturated rings. The maximum Gasteiger partial charge on any atom is 0.262 e. The summed E-state index contributed by atoms with van der Waals surface area (Å²) in [7, 11) is 0. The van der Waals surface area contributed by atoms with Gasteiger partial charge in [-0.25, -0.2) is 0 Å². The summed E-state index contributed by atoms with van der Waals surface area (Å²) >= 11 is 5.81. The van der Waals surface area contributed by atoms with Crippen LogP contribution in [0.15, 0.2) is 48.5 Å². The number of nitrogens with one attached hydrogen (secondary N) is 1. The van der Waals surface area contributed by atoms with Crippen LogP contribution in [0.5, 0.6) is 5.75 Å². The molecule has 1 amide bonds. The van der Waals surface area contributed by atoms with Crippen molar-refractivity contribution in [3.05, 3.63) is 53.6 Å². The summed E-state index contributed by atoms with van der Waals surface area (Å²) < 4.78 is 5.43. The second kappa shape index (κ2) is 8.60. The van der Waals surface area contributed by atoms with Gasteiger partial charge in [0.25, 0.3) is 5.91 Å². The van der Waals surface area contributed by atoms with Crippen molar-refractivity contribution in [3.8, 4) is 5.75 Å². The lowest BCUT2D eigenvalue weighted by Crippen LogP contribution is -2.30. The number of nitrogens with zero attached hydrogens (tertiary/aromatic N) is 1. The summed E-state index contributed by atoms with van der Waals surface area (Å²) in [6, 6.07) is 15.2. The van der Waals surface area contributed by atoms with Gasteiger partial charge in [0, 0.05) is 29.0 Å². The Morgan fingerprint density at radius 1 is 1.12 bits per heavy atom. The standard InChI is InChI=1S/C19H23ClN2O2/c1-4-22(14(2)3)17-9-7-16(8-10-17)21-19(23)13-24-18-11-5-15(20)6-12-18/h5-12,14H,4,13H2,1-3H3,(H,21,23). The third kappa shape index (κ3) is 5.17. The first-order chi connectivity index (χ1) is 11.5. The van der Waals surface area contributed by atoms with Crippen molar-refractivity contribution in [2.75, 3.05) is 23.4 Å². The number of amides is 1. The SMILES string of the molecule is CCN(c1ccc(NC(=O)COc2ccc(Cl)cc2)cc1)C(C)C. The molecule has 0 saturated carbocycles. The van der Waals surface area contributed by atoms with E-state index in [2.05, 4.69) is 31.0 Å². The van der Waals surface area contributed by atoms with Crippen LogP contribution in [0, 0.1) is 0 Å². The summed E-state index contributed by atoms with van der Waals surface area (Å²) in [4.78, 5) is 14.3. The Morgan fingerprint density at radius 2 is 1.75 bits per heavy atom. The van der Waals surface area contributed by atoms with Crippen LogP contribution in [0.4, 0.5) is 11.4 Å². The first kappa shape index (κ1) is 18.1. The number of carbonyl (C=O) groups is 1. The molecule has 0 spiro atoms. The van der Waals surface area contributed by atoms with Gasteiger partial charge in [-0.1, -0.05) is 11.6 Å². The number of anilines is 2. The molecule has 24 heavy (non-hydrogen) atoms. The quantitative estimate of drug-likeness (QED) is 0.797. The van der Waals surface area contributed by atoms with Crippen LogP contribution in [-0.2, 0) is 4.79 Å². The summed E-state index contributed by atoms with van der Waals surface area (Å²) in [5.74, 6) is 0.411. The normalized spacial score (nSPS) is 10.5. The zero-order valence-corrected chi connectivity index (χ0v) is 15.0. The zero-order valence-electron chi connectivity index (χ0n) is 14.3. The van der Waals surface area contributed by atoms with Crippen LogP contribution < -0.4 is 15.0 Å². The molecular weight excluding hydrogens is 324 g/mol. The number of carbonyl (C=O) groups excluding carboxylic acids is 1. The fraction of sp³-hybridized carbons (Fsp3) is 0.316. The first-order valence-corrected chi connectivity index (χ1v) is 8.42. The molecule has 0 bridgehead atoms. The molecular formula is C19H23ClN2O2. The van der Waals surface area contributed by atoms with Gasteiger partial charge in [0.2, 0.25) is 0 Å². The molecule has 4 nitrogen and oxygen atoms in total. The number of benzene rings is 2. The molecule has 0 aliphatic carbocycles. The highest BCUT2D eigenvalue weighted by Crippen LogP contribution is 2.20. The van der Waals surface area contributed by atoms with Crippen LogP contribution in [0.3, 0.4) is 0 Å². The maximum atomic E-state index is 12.0. The predicted molar refractivity (Wildman–Crippen MR) is 100 cm³/mol. The van der Waals surface area contributed by atoms with Crippen molar-refractivity contribution in [3.63, 3.8) is 0 Å². The largest absolute Gasteiger partial charge is 0.484 e. The second-order valence-corrected chi connectivity index (χ2v) is 6.15. The van der Waals surface area contributed by atoms with Crippen molar-refractivity contribution in [1.82, 2.24) is 0 Å². The number of halogens is 1. The van der Waals surface area contributed by atoms with E-state index in [1.165, 1.54) is 0 Å². The van der Waals surface area contributed by atoms with Gasteiger partial charge in [-0.2, -0.15) is 0 Å². The third-order valence-corrected chi connectivity index (χ3v) is 3.88. The summed E-state index contributed by atoms with van der Waals surface area (Å²) in [6.45, 7) is 7.35. The van der Waals surface area contributed by atoms with E-state index >= 15 is 0 Å². The van der Waals surface area contributed by atoms with Crippen LogP contribution >= 0.6 is 11.6 Å². The highest BCUT2D eigenvalue weighted by molar-refractivity contribution is 6.30. The average molecular weight is 347 g/mol. The maximum absolute atomic E-state index is 12.0. The van der Waals surface area contributed by atoms with E-state index in [4.69, 9.17) is 16.3 Å². The molecule has 0 heterocycles. The van der Waals surface area contributed by atoms with E-state index in [1.54, 1.807) is 24.3 Å². The number of rotatable bonds is 7. The highest BCUT2D eigenvalue weighted by atomic mass is 35.5. The van der Waals surface area contributed by atoms with Crippen LogP contribution in [0.25, 0.3) is 0 Å². The highest BCUT2D eigenvalue weighted by Gasteiger charge is 2.09. The fourth-order valence-electron chi connectivity index (χ4n) is 2.46. The van der Waals surface area contributed by atoms with Gasteiger partial charge >= 0.3 is 0 Å². The molecule has 5 heteroatoms. The van der Waals surface area contributed by atoms with Gasteiger partial charge in [0.15, 0.2) is 6.61 Å². The van der Waals surface area contributed by atoms with Crippen molar-refractivity contribution in [2.45, 2.75) is 26.8 Å². The Labute approximate surface area is 148 Å². The lowest BCUT2D eigenvalue weighted by atomic mass is 10.2. The molecule has 0 radical (unpaired) electrons. The lowest BCUT2D eigenvalue weighted by molar-refractivity contribution is -0.118. The smallest absolute Gasteiger partial charge is 0.262 e. The molecule has 0 aliphatic heterocycles. The summed E-state index contributed by atoms with van der Waals surface area (Å²) in [5, 5.41) is 3.46. The first-order valence-electron chi connectivity index (χ1n) is 8.04. The molecule has 0 atom stereocenters. The van der Waals surface area contributed by atoms with Crippen molar-refractivity contribution in [1.29, 1.82) is 0 Å². The Morgan fingerprint density at radius 3 is 2.29 bits per heavy atom. The molecule has 2 aromatic carbocycles. The van der Waals surface area contributed by atoms with Crippen LogP contribution in [-0.4, -0.2) is 25.1 Å². The molecule has 0 aromatic heterocycles. The van der Waals surface area contributed by atoms with E-state index in [0.717, 1.165) is 17.9 Å². The predicted octanol–water partition coefficient (Wildman–Crippen LogP) is 4.59. The number of ether oxygens (including phenoxy) is 1. The molecule has 0 aliphatic rings. The van der Waals surface area contributed by atoms with Crippen LogP contribution in [0.1, 0.15) is 20.8 Å². The summed E-state index contributed by atoms with van der Waals surface area (Å²) in [5.41, 5.74) is 1.89. The van der Waals surface area contributed by atoms with Gasteiger partial charge in [0.1, 0.15) is 5.75 Å². The minimum Gasteiger partial charge on any atom is -0.484 e. The Balaban J connectivity index is 1.88. The second-order valence-electron chi connectivity index (χ2n) is 5.72. The van der Waals surface area contributed by atoms with Crippen molar-refractivity contribution < 1.29 is 9.53 Å². The molecule has 1 N–H and O–H groups in total. The fourth-order valence-corrected chi connectivity index (χ4v) is 2.58. The van der Waals surface area contributed by atoms with Crippen molar-refractivity contribution in [2.24, 2.45) is 0 Å². The monoisotopic (exact) mass is 346 g/mol. The Bertz CT molecular complexity index is 654. The van der Waals surface area contributed by atoms with Gasteiger partial charge in [-0.05, 0) is 69.3 Å². The van der Waals surface area contributed by atoms with Gasteiger partial charge in [-0.15, -0.1) is 0 Å². The molecule has 2 aromatic rings. The number of hydrogen-bond acceptors (Lipinski definition) is 3. The molecule has 2 rings (SSSR count). The number of hydrogen-bond donors (Lipinski definition) is 1. The minimum absolute atomic E-state index is 0.0452. The third-order valence-electron chi connectivity index (χ3n) is 3.63. The van der Waals surface area contributed by atoms with Gasteiger partial charge < -0.3 is 15.0 Å². The van der Waals surface area contributed by atoms with Crippen molar-refractivity contribution >= 4 is 28.9 Å². The minimum atomic E-state index is -0.200. The topological polar surface area (TPSA) is 41.6 Å². The van der Waals surface area contributed by atoms with E-state index in [9.17, 15) is 4.79 Å². The summed E-state index contributed by atoms with van der Waals surface area (Å²) in [6.07, 6.45) is 0. The van der Waals surface area contributed by atoms with E-state index in [1.807, 2.05) is 24.3 Å². The van der Waals surface area contributed by atoms with Crippen LogP contribution in [0.2, 0.25) is 5.02 Å². The van der Waals surface area contributed by atoms with E-state index in [-0.39, 0.29) is 12.5 Å². The Kier molecular flexibility index (Phi) is 6.50. The van der Waals surface area contributed by atoms with Gasteiger partial charge in [0.05, 0.1) is 0 Å². The van der Waals surface area contributed by atoms with Gasteiger partial charge in [-0.3, -0.25) is 4.79 Å². The molecule has 0 saturated heterocycles. The molecule has 0 unspecified atom stereocenters. The lowest BCUT2D eigenvalue weighted by Gasteiger charge is -2.27. The average Bonchev–Trinajstić information content (AvgIpc) is 2.56.